The SMILES string of the molecule is Oc1ccc(C(F)(F)C(F)(F)C(F)F)cc1. The molecule has 0 atom stereocenters. The number of phenolic OH excluding ortho intramolecular Hbond substituents is 1. The van der Waals surface area contributed by atoms with Crippen LogP contribution in [0, 0.1) is 0 Å². The van der Waals surface area contributed by atoms with E-state index in [9.17, 15) is 26.3 Å². The van der Waals surface area contributed by atoms with Crippen molar-refractivity contribution >= 4 is 0 Å². The zero-order valence-corrected chi connectivity index (χ0v) is 7.60. The van der Waals surface area contributed by atoms with E-state index in [1.54, 1.807) is 0 Å². The summed E-state index contributed by atoms with van der Waals surface area (Å²) in [4.78, 5) is 0. The number of hydrogen-bond donors (Lipinski definition) is 1. The predicted molar refractivity (Wildman–Crippen MR) is 43.0 cm³/mol. The van der Waals surface area contributed by atoms with Crippen molar-refractivity contribution in [3.8, 4) is 5.75 Å². The summed E-state index contributed by atoms with van der Waals surface area (Å²) in [7, 11) is 0. The smallest absolute Gasteiger partial charge is 0.373 e. The largest absolute Gasteiger partial charge is 0.508 e. The van der Waals surface area contributed by atoms with E-state index in [0.717, 1.165) is 0 Å². The van der Waals surface area contributed by atoms with E-state index < -0.39 is 29.6 Å². The minimum atomic E-state index is -5.45. The zero-order valence-electron chi connectivity index (χ0n) is 7.60. The Labute approximate surface area is 86.3 Å². The van der Waals surface area contributed by atoms with Crippen molar-refractivity contribution < 1.29 is 31.4 Å². The summed E-state index contributed by atoms with van der Waals surface area (Å²) in [5.41, 5.74) is -1.28. The number of hydrogen-bond acceptors (Lipinski definition) is 1. The summed E-state index contributed by atoms with van der Waals surface area (Å²) in [5, 5.41) is 8.75. The molecule has 0 heterocycles. The molecule has 0 aliphatic carbocycles. The molecule has 90 valence electrons. The summed E-state index contributed by atoms with van der Waals surface area (Å²) in [6.45, 7) is 0. The minimum absolute atomic E-state index is 0.431. The highest BCUT2D eigenvalue weighted by Crippen LogP contribution is 2.46. The topological polar surface area (TPSA) is 20.2 Å². The molecular weight excluding hydrogens is 238 g/mol. The lowest BCUT2D eigenvalue weighted by molar-refractivity contribution is -0.270. The van der Waals surface area contributed by atoms with Crippen molar-refractivity contribution in [3.63, 3.8) is 0 Å². The first kappa shape index (κ1) is 12.7. The Hall–Kier alpha value is -1.40. The van der Waals surface area contributed by atoms with Crippen LogP contribution in [0.3, 0.4) is 0 Å². The maximum atomic E-state index is 13.0. The van der Waals surface area contributed by atoms with Crippen molar-refractivity contribution in [3.05, 3.63) is 29.8 Å². The van der Waals surface area contributed by atoms with Crippen molar-refractivity contribution in [2.24, 2.45) is 0 Å². The first-order chi connectivity index (χ1) is 7.19. The third-order valence-electron chi connectivity index (χ3n) is 1.92. The Bertz CT molecular complexity index is 359. The Morgan fingerprint density at radius 1 is 0.938 bits per heavy atom. The molecule has 1 aromatic rings. The lowest BCUT2D eigenvalue weighted by atomic mass is 10.0. The Kier molecular flexibility index (Phi) is 3.07. The third kappa shape index (κ3) is 1.94. The summed E-state index contributed by atoms with van der Waals surface area (Å²) in [6, 6.07) is 2.35. The zero-order chi connectivity index (χ0) is 12.6. The van der Waals surface area contributed by atoms with Gasteiger partial charge in [0.25, 0.3) is 0 Å². The molecule has 0 aliphatic heterocycles. The standard InChI is InChI=1S/C9H6F6O/c10-7(11)9(14,15)8(12,13)5-1-3-6(16)4-2-5/h1-4,7,16H. The summed E-state index contributed by atoms with van der Waals surface area (Å²) in [6.07, 6.45) is -4.48. The molecule has 1 nitrogen and oxygen atoms in total. The highest BCUT2D eigenvalue weighted by molar-refractivity contribution is 5.30. The molecular formula is C9H6F6O. The second-order valence-electron chi connectivity index (χ2n) is 3.04. The predicted octanol–water partition coefficient (Wildman–Crippen LogP) is 3.38. The molecule has 0 fully saturated rings. The van der Waals surface area contributed by atoms with Crippen molar-refractivity contribution in [2.75, 3.05) is 0 Å². The van der Waals surface area contributed by atoms with Gasteiger partial charge in [-0.15, -0.1) is 0 Å². The highest BCUT2D eigenvalue weighted by atomic mass is 19.3. The quantitative estimate of drug-likeness (QED) is 0.808. The van der Waals surface area contributed by atoms with Crippen molar-refractivity contribution in [1.82, 2.24) is 0 Å². The second-order valence-corrected chi connectivity index (χ2v) is 3.04. The fourth-order valence-electron chi connectivity index (χ4n) is 1.00. The van der Waals surface area contributed by atoms with Gasteiger partial charge in [0.15, 0.2) is 0 Å². The molecule has 16 heavy (non-hydrogen) atoms. The van der Waals surface area contributed by atoms with Gasteiger partial charge >= 0.3 is 18.3 Å². The van der Waals surface area contributed by atoms with Crippen LogP contribution >= 0.6 is 0 Å². The fourth-order valence-corrected chi connectivity index (χ4v) is 1.00. The van der Waals surface area contributed by atoms with Crippen LogP contribution in [0.15, 0.2) is 24.3 Å². The molecule has 0 spiro atoms. The van der Waals surface area contributed by atoms with Crippen LogP contribution in [0.25, 0.3) is 0 Å². The summed E-state index contributed by atoms with van der Waals surface area (Å²) in [5.74, 6) is -10.9. The fraction of sp³-hybridized carbons (Fsp3) is 0.333. The van der Waals surface area contributed by atoms with Gasteiger partial charge in [0.1, 0.15) is 5.75 Å². The number of rotatable bonds is 3. The van der Waals surface area contributed by atoms with E-state index in [4.69, 9.17) is 5.11 Å². The van der Waals surface area contributed by atoms with E-state index in [2.05, 4.69) is 0 Å². The van der Waals surface area contributed by atoms with Crippen LogP contribution in [-0.2, 0) is 5.92 Å². The van der Waals surface area contributed by atoms with E-state index in [-0.39, 0.29) is 0 Å². The molecule has 0 radical (unpaired) electrons. The lowest BCUT2D eigenvalue weighted by Crippen LogP contribution is -2.44. The average Bonchev–Trinajstić information content (AvgIpc) is 2.17. The van der Waals surface area contributed by atoms with Crippen LogP contribution in [0.2, 0.25) is 0 Å². The van der Waals surface area contributed by atoms with E-state index in [1.165, 1.54) is 0 Å². The molecule has 1 N–H and O–H groups in total. The van der Waals surface area contributed by atoms with E-state index >= 15 is 0 Å². The molecule has 0 bridgehead atoms. The number of halogens is 6. The van der Waals surface area contributed by atoms with Gasteiger partial charge in [0.05, 0.1) is 0 Å². The normalized spacial score (nSPS) is 13.2. The number of phenols is 1. The molecule has 0 aliphatic rings. The molecule has 0 amide bonds. The van der Waals surface area contributed by atoms with Crippen LogP contribution in [0.5, 0.6) is 5.75 Å². The molecule has 0 saturated carbocycles. The van der Waals surface area contributed by atoms with Crippen LogP contribution < -0.4 is 0 Å². The van der Waals surface area contributed by atoms with Gasteiger partial charge in [-0.2, -0.15) is 17.6 Å². The number of alkyl halides is 6. The highest BCUT2D eigenvalue weighted by Gasteiger charge is 2.63. The van der Waals surface area contributed by atoms with Crippen molar-refractivity contribution in [1.29, 1.82) is 0 Å². The van der Waals surface area contributed by atoms with Crippen LogP contribution in [0.1, 0.15) is 5.56 Å². The monoisotopic (exact) mass is 244 g/mol. The summed E-state index contributed by atoms with van der Waals surface area (Å²) < 4.78 is 74.7. The first-order valence-electron chi connectivity index (χ1n) is 4.03. The molecule has 0 aromatic heterocycles. The Balaban J connectivity index is 3.15. The van der Waals surface area contributed by atoms with Crippen LogP contribution in [0.4, 0.5) is 26.3 Å². The average molecular weight is 244 g/mol. The van der Waals surface area contributed by atoms with Gasteiger partial charge in [-0.3, -0.25) is 0 Å². The maximum absolute atomic E-state index is 13.0. The first-order valence-corrected chi connectivity index (χ1v) is 4.03. The molecule has 0 saturated heterocycles. The van der Waals surface area contributed by atoms with Crippen molar-refractivity contribution in [2.45, 2.75) is 18.3 Å². The van der Waals surface area contributed by atoms with E-state index in [1.807, 2.05) is 0 Å². The number of aromatic hydroxyl groups is 1. The Morgan fingerprint density at radius 3 is 1.75 bits per heavy atom. The number of benzene rings is 1. The van der Waals surface area contributed by atoms with E-state index in [0.29, 0.717) is 24.3 Å². The van der Waals surface area contributed by atoms with Gasteiger partial charge in [0.2, 0.25) is 0 Å². The molecule has 7 heteroatoms. The van der Waals surface area contributed by atoms with Gasteiger partial charge in [-0.25, -0.2) is 8.78 Å². The lowest BCUT2D eigenvalue weighted by Gasteiger charge is -2.25. The van der Waals surface area contributed by atoms with Gasteiger partial charge < -0.3 is 5.11 Å². The maximum Gasteiger partial charge on any atom is 0.373 e. The van der Waals surface area contributed by atoms with Gasteiger partial charge in [0, 0.05) is 5.56 Å². The molecule has 1 aromatic carbocycles. The van der Waals surface area contributed by atoms with Crippen LogP contribution in [-0.4, -0.2) is 17.5 Å². The third-order valence-corrected chi connectivity index (χ3v) is 1.92. The minimum Gasteiger partial charge on any atom is -0.508 e. The van der Waals surface area contributed by atoms with Gasteiger partial charge in [-0.05, 0) is 24.3 Å². The van der Waals surface area contributed by atoms with Gasteiger partial charge in [-0.1, -0.05) is 0 Å². The summed E-state index contributed by atoms with van der Waals surface area (Å²) >= 11 is 0. The Morgan fingerprint density at radius 2 is 1.38 bits per heavy atom. The molecule has 1 rings (SSSR count). The second kappa shape index (κ2) is 3.88. The molecule has 0 unspecified atom stereocenters.